The zero-order valence-electron chi connectivity index (χ0n) is 49.3. The van der Waals surface area contributed by atoms with E-state index in [0.717, 1.165) is 135 Å². The number of allylic oxidation sites excluding steroid dienone is 16. The van der Waals surface area contributed by atoms with Gasteiger partial charge >= 0.3 is 17.9 Å². The lowest BCUT2D eigenvalue weighted by molar-refractivity contribution is -0.167. The Bertz CT molecular complexity index is 1480. The molecule has 0 aromatic heterocycles. The van der Waals surface area contributed by atoms with Crippen molar-refractivity contribution in [1.29, 1.82) is 0 Å². The van der Waals surface area contributed by atoms with E-state index in [0.29, 0.717) is 19.3 Å². The fourth-order valence-corrected chi connectivity index (χ4v) is 8.80. The Morgan fingerprint density at radius 3 is 0.867 bits per heavy atom. The van der Waals surface area contributed by atoms with Gasteiger partial charge in [0.15, 0.2) is 6.10 Å². The average molecular weight is 1040 g/mol. The van der Waals surface area contributed by atoms with E-state index in [2.05, 4.69) is 118 Å². The van der Waals surface area contributed by atoms with Crippen LogP contribution >= 0.6 is 0 Å². The molecule has 0 aliphatic heterocycles. The lowest BCUT2D eigenvalue weighted by Crippen LogP contribution is -2.30. The highest BCUT2D eigenvalue weighted by atomic mass is 16.6. The van der Waals surface area contributed by atoms with Crippen molar-refractivity contribution in [3.8, 4) is 0 Å². The second-order valence-electron chi connectivity index (χ2n) is 20.9. The van der Waals surface area contributed by atoms with Gasteiger partial charge in [-0.25, -0.2) is 0 Å². The predicted octanol–water partition coefficient (Wildman–Crippen LogP) is 21.7. The molecule has 0 aliphatic rings. The molecule has 75 heavy (non-hydrogen) atoms. The second kappa shape index (κ2) is 62.9. The average Bonchev–Trinajstić information content (AvgIpc) is 3.41. The van der Waals surface area contributed by atoms with Gasteiger partial charge in [0.05, 0.1) is 0 Å². The number of ether oxygens (including phenoxy) is 3. The summed E-state index contributed by atoms with van der Waals surface area (Å²) >= 11 is 0. The Kier molecular flexibility index (Phi) is 59.8. The van der Waals surface area contributed by atoms with Crippen LogP contribution in [0.1, 0.15) is 303 Å². The molecule has 0 radical (unpaired) electrons. The molecule has 430 valence electrons. The minimum atomic E-state index is -0.793. The number of hydrogen-bond donors (Lipinski definition) is 0. The monoisotopic (exact) mass is 1040 g/mol. The van der Waals surface area contributed by atoms with Crippen LogP contribution in [0.4, 0.5) is 0 Å². The Morgan fingerprint density at radius 1 is 0.280 bits per heavy atom. The zero-order valence-corrected chi connectivity index (χ0v) is 49.3. The van der Waals surface area contributed by atoms with Crippen molar-refractivity contribution in [2.24, 2.45) is 0 Å². The summed E-state index contributed by atoms with van der Waals surface area (Å²) in [7, 11) is 0. The summed E-state index contributed by atoms with van der Waals surface area (Å²) in [5.41, 5.74) is 0. The highest BCUT2D eigenvalue weighted by Crippen LogP contribution is 2.16. The molecule has 0 N–H and O–H groups in total. The van der Waals surface area contributed by atoms with Gasteiger partial charge in [0.1, 0.15) is 13.2 Å². The van der Waals surface area contributed by atoms with Gasteiger partial charge < -0.3 is 14.2 Å². The highest BCUT2D eigenvalue weighted by Gasteiger charge is 2.19. The van der Waals surface area contributed by atoms with Gasteiger partial charge in [-0.3, -0.25) is 14.4 Å². The van der Waals surface area contributed by atoms with Crippen molar-refractivity contribution in [3.05, 3.63) is 97.2 Å². The Morgan fingerprint density at radius 2 is 0.547 bits per heavy atom. The van der Waals surface area contributed by atoms with Crippen LogP contribution in [-0.4, -0.2) is 37.2 Å². The second-order valence-corrected chi connectivity index (χ2v) is 20.9. The molecule has 0 aromatic rings. The molecule has 0 spiro atoms. The lowest BCUT2D eigenvalue weighted by Gasteiger charge is -2.18. The molecule has 0 amide bonds. The van der Waals surface area contributed by atoms with E-state index in [4.69, 9.17) is 14.2 Å². The first-order valence-electron chi connectivity index (χ1n) is 31.7. The maximum Gasteiger partial charge on any atom is 0.306 e. The summed E-state index contributed by atoms with van der Waals surface area (Å²) in [6.45, 7) is 6.45. The third-order valence-electron chi connectivity index (χ3n) is 13.5. The first-order valence-corrected chi connectivity index (χ1v) is 31.7. The van der Waals surface area contributed by atoms with Crippen molar-refractivity contribution in [1.82, 2.24) is 0 Å². The Hall–Kier alpha value is -3.67. The molecule has 0 rings (SSSR count). The number of unbranched alkanes of at least 4 members (excludes halogenated alkanes) is 30. The topological polar surface area (TPSA) is 78.9 Å². The maximum atomic E-state index is 12.9. The van der Waals surface area contributed by atoms with Gasteiger partial charge in [0.2, 0.25) is 0 Å². The third kappa shape index (κ3) is 61.1. The molecule has 1 atom stereocenters. The quantitative estimate of drug-likeness (QED) is 0.0261. The van der Waals surface area contributed by atoms with Crippen LogP contribution in [-0.2, 0) is 28.6 Å². The minimum Gasteiger partial charge on any atom is -0.462 e. The van der Waals surface area contributed by atoms with Gasteiger partial charge in [-0.15, -0.1) is 0 Å². The summed E-state index contributed by atoms with van der Waals surface area (Å²) in [5.74, 6) is -0.910. The summed E-state index contributed by atoms with van der Waals surface area (Å²) in [6.07, 6.45) is 84.1. The fourth-order valence-electron chi connectivity index (χ4n) is 8.80. The normalized spacial score (nSPS) is 12.7. The van der Waals surface area contributed by atoms with E-state index in [1.54, 1.807) is 0 Å². The van der Waals surface area contributed by atoms with Crippen molar-refractivity contribution in [2.45, 2.75) is 309 Å². The summed E-state index contributed by atoms with van der Waals surface area (Å²) in [5, 5.41) is 0. The first-order chi connectivity index (χ1) is 37.0. The van der Waals surface area contributed by atoms with E-state index in [9.17, 15) is 14.4 Å². The van der Waals surface area contributed by atoms with Crippen LogP contribution in [0.15, 0.2) is 97.2 Å². The SMILES string of the molecule is CC/C=C\C/C=C\C/C=C\C/C=C\CCCCCCCCC(=O)OC(COC(=O)CCCCCCC/C=C\C/C=C\CCC)COC(=O)CCCCCCCCCCCCCCC/C=C\C/C=C\CCCCCCC. The molecule has 0 aromatic carbocycles. The van der Waals surface area contributed by atoms with Crippen molar-refractivity contribution in [2.75, 3.05) is 13.2 Å². The minimum absolute atomic E-state index is 0.0879. The van der Waals surface area contributed by atoms with Crippen LogP contribution in [0.5, 0.6) is 0 Å². The largest absolute Gasteiger partial charge is 0.462 e. The van der Waals surface area contributed by atoms with E-state index in [1.165, 1.54) is 128 Å². The van der Waals surface area contributed by atoms with Crippen LogP contribution in [0, 0.1) is 0 Å². The maximum absolute atomic E-state index is 12.9. The number of rotatable bonds is 57. The van der Waals surface area contributed by atoms with Crippen LogP contribution in [0.3, 0.4) is 0 Å². The number of carbonyl (C=O) groups is 3. The number of esters is 3. The highest BCUT2D eigenvalue weighted by molar-refractivity contribution is 5.71. The predicted molar refractivity (Wildman–Crippen MR) is 325 cm³/mol. The van der Waals surface area contributed by atoms with Gasteiger partial charge in [-0.1, -0.05) is 266 Å². The lowest BCUT2D eigenvalue weighted by atomic mass is 10.0. The van der Waals surface area contributed by atoms with E-state index in [-0.39, 0.29) is 31.1 Å². The summed E-state index contributed by atoms with van der Waals surface area (Å²) < 4.78 is 16.9. The Labute approximate surface area is 464 Å². The van der Waals surface area contributed by atoms with Gasteiger partial charge in [0, 0.05) is 19.3 Å². The Balaban J connectivity index is 4.33. The van der Waals surface area contributed by atoms with Crippen molar-refractivity contribution < 1.29 is 28.6 Å². The molecule has 0 heterocycles. The molecule has 6 nitrogen and oxygen atoms in total. The van der Waals surface area contributed by atoms with Crippen LogP contribution < -0.4 is 0 Å². The van der Waals surface area contributed by atoms with Crippen LogP contribution in [0.2, 0.25) is 0 Å². The number of hydrogen-bond acceptors (Lipinski definition) is 6. The standard InChI is InChI=1S/C69H118O6/c1-4-7-10-13-16-19-22-25-27-29-31-32-33-34-35-36-38-39-41-44-47-50-53-56-59-62-68(71)74-65-66(64-73-67(70)61-58-55-52-49-46-43-24-21-18-15-12-9-6-3)75-69(72)63-60-57-54-51-48-45-42-40-37-30-28-26-23-20-17-14-11-8-5-2/h8,11-12,15,17,20-22,24-26,28-29,31,37,40,66H,4-7,9-10,13-14,16,18-19,23,27,30,32-36,38-39,41-65H2,1-3H3/b11-8-,15-12-,20-17-,24-21-,25-22-,28-26-,31-29-,40-37-. The van der Waals surface area contributed by atoms with Gasteiger partial charge in [-0.2, -0.15) is 0 Å². The fraction of sp³-hybridized carbons (Fsp3) is 0.725. The van der Waals surface area contributed by atoms with Gasteiger partial charge in [0.25, 0.3) is 0 Å². The molecule has 0 bridgehead atoms. The number of carbonyl (C=O) groups excluding carboxylic acids is 3. The van der Waals surface area contributed by atoms with E-state index < -0.39 is 6.10 Å². The van der Waals surface area contributed by atoms with Crippen molar-refractivity contribution >= 4 is 17.9 Å². The van der Waals surface area contributed by atoms with E-state index in [1.807, 2.05) is 0 Å². The molecule has 1 unspecified atom stereocenters. The summed E-state index contributed by atoms with van der Waals surface area (Å²) in [6, 6.07) is 0. The summed E-state index contributed by atoms with van der Waals surface area (Å²) in [4.78, 5) is 38.3. The first kappa shape index (κ1) is 71.3. The molecule has 0 aliphatic carbocycles. The zero-order chi connectivity index (χ0) is 54.3. The smallest absolute Gasteiger partial charge is 0.306 e. The molecular weight excluding hydrogens is 925 g/mol. The molecular formula is C69H118O6. The molecule has 0 saturated heterocycles. The molecule has 6 heteroatoms. The van der Waals surface area contributed by atoms with E-state index >= 15 is 0 Å². The third-order valence-corrected chi connectivity index (χ3v) is 13.5. The molecule has 0 fully saturated rings. The van der Waals surface area contributed by atoms with Gasteiger partial charge in [-0.05, 0) is 116 Å². The van der Waals surface area contributed by atoms with Crippen molar-refractivity contribution in [3.63, 3.8) is 0 Å². The molecule has 0 saturated carbocycles. The van der Waals surface area contributed by atoms with Crippen LogP contribution in [0.25, 0.3) is 0 Å².